The number of furan rings is 1. The molecular formula is C20H17N3O6S. The summed E-state index contributed by atoms with van der Waals surface area (Å²) in [5.41, 5.74) is 0.553. The fourth-order valence-corrected chi connectivity index (χ4v) is 3.52. The first-order valence-electron chi connectivity index (χ1n) is 8.70. The molecule has 0 atom stereocenters. The molecule has 0 aliphatic rings. The van der Waals surface area contributed by atoms with Gasteiger partial charge in [-0.2, -0.15) is 0 Å². The molecule has 2 aromatic carbocycles. The summed E-state index contributed by atoms with van der Waals surface area (Å²) >= 11 is 0. The van der Waals surface area contributed by atoms with Crippen LogP contribution in [0, 0.1) is 10.1 Å². The highest BCUT2D eigenvalue weighted by Crippen LogP contribution is 2.19. The molecule has 1 aromatic heterocycles. The zero-order valence-electron chi connectivity index (χ0n) is 15.5. The van der Waals surface area contributed by atoms with Crippen LogP contribution in [0.15, 0.2) is 82.3 Å². The van der Waals surface area contributed by atoms with Crippen molar-refractivity contribution in [1.29, 1.82) is 0 Å². The third kappa shape index (κ3) is 5.40. The predicted octanol–water partition coefficient (Wildman–Crippen LogP) is 3.32. The molecule has 0 unspecified atom stereocenters. The average Bonchev–Trinajstić information content (AvgIpc) is 3.25. The number of nitro groups is 1. The molecule has 0 radical (unpaired) electrons. The van der Waals surface area contributed by atoms with Crippen LogP contribution in [0.25, 0.3) is 6.08 Å². The molecule has 0 bridgehead atoms. The van der Waals surface area contributed by atoms with Gasteiger partial charge in [0, 0.05) is 17.8 Å². The van der Waals surface area contributed by atoms with Crippen molar-refractivity contribution in [2.45, 2.75) is 11.4 Å². The highest BCUT2D eigenvalue weighted by Gasteiger charge is 2.14. The lowest BCUT2D eigenvalue weighted by molar-refractivity contribution is -0.385. The van der Waals surface area contributed by atoms with Gasteiger partial charge in [0.15, 0.2) is 0 Å². The van der Waals surface area contributed by atoms with Crippen LogP contribution in [0.5, 0.6) is 0 Å². The van der Waals surface area contributed by atoms with Gasteiger partial charge in [-0.05, 0) is 48.5 Å². The third-order valence-electron chi connectivity index (χ3n) is 4.00. The van der Waals surface area contributed by atoms with E-state index in [1.807, 2.05) is 0 Å². The summed E-state index contributed by atoms with van der Waals surface area (Å²) in [6, 6.07) is 14.9. The Labute approximate surface area is 172 Å². The van der Waals surface area contributed by atoms with Crippen molar-refractivity contribution in [2.24, 2.45) is 0 Å². The first kappa shape index (κ1) is 21.0. The van der Waals surface area contributed by atoms with Crippen LogP contribution in [-0.4, -0.2) is 19.2 Å². The number of hydrogen-bond donors (Lipinski definition) is 2. The average molecular weight is 427 g/mol. The fourth-order valence-electron chi connectivity index (χ4n) is 2.52. The second kappa shape index (κ2) is 9.16. The second-order valence-corrected chi connectivity index (χ2v) is 7.83. The van der Waals surface area contributed by atoms with E-state index in [9.17, 15) is 23.3 Å². The summed E-state index contributed by atoms with van der Waals surface area (Å²) < 4.78 is 32.1. The Bertz CT molecular complexity index is 1170. The van der Waals surface area contributed by atoms with Gasteiger partial charge in [-0.3, -0.25) is 14.9 Å². The third-order valence-corrected chi connectivity index (χ3v) is 5.41. The molecule has 3 aromatic rings. The number of benzene rings is 2. The molecule has 3 rings (SSSR count). The van der Waals surface area contributed by atoms with Crippen LogP contribution in [0.1, 0.15) is 11.3 Å². The van der Waals surface area contributed by atoms with Crippen LogP contribution in [-0.2, 0) is 21.4 Å². The normalized spacial score (nSPS) is 11.5. The van der Waals surface area contributed by atoms with Gasteiger partial charge in [0.2, 0.25) is 15.9 Å². The molecule has 30 heavy (non-hydrogen) atoms. The second-order valence-electron chi connectivity index (χ2n) is 6.07. The lowest BCUT2D eigenvalue weighted by atomic mass is 10.1. The van der Waals surface area contributed by atoms with Crippen LogP contribution >= 0.6 is 0 Å². The molecule has 10 heteroatoms. The lowest BCUT2D eigenvalue weighted by Gasteiger charge is -2.07. The van der Waals surface area contributed by atoms with Gasteiger partial charge < -0.3 is 9.73 Å². The first-order chi connectivity index (χ1) is 14.3. The molecular weight excluding hydrogens is 410 g/mol. The Morgan fingerprint density at radius 2 is 1.80 bits per heavy atom. The minimum atomic E-state index is -3.74. The maximum Gasteiger partial charge on any atom is 0.276 e. The van der Waals surface area contributed by atoms with Crippen molar-refractivity contribution in [1.82, 2.24) is 4.72 Å². The number of nitrogens with zero attached hydrogens (tertiary/aromatic N) is 1. The van der Waals surface area contributed by atoms with Crippen molar-refractivity contribution in [3.05, 3.63) is 94.4 Å². The van der Waals surface area contributed by atoms with Crippen molar-refractivity contribution >= 4 is 33.4 Å². The minimum absolute atomic E-state index is 0.0181. The van der Waals surface area contributed by atoms with Crippen LogP contribution in [0.4, 0.5) is 11.4 Å². The summed E-state index contributed by atoms with van der Waals surface area (Å²) in [5.74, 6) is -0.0346. The van der Waals surface area contributed by atoms with Gasteiger partial charge in [-0.15, -0.1) is 0 Å². The number of amides is 1. The van der Waals surface area contributed by atoms with E-state index in [2.05, 4.69) is 10.0 Å². The number of sulfonamides is 1. The molecule has 0 saturated carbocycles. The quantitative estimate of drug-likeness (QED) is 0.322. The van der Waals surface area contributed by atoms with E-state index >= 15 is 0 Å². The number of rotatable bonds is 8. The molecule has 1 amide bonds. The molecule has 154 valence electrons. The number of para-hydroxylation sites is 1. The number of anilines is 1. The number of nitro benzene ring substituents is 1. The van der Waals surface area contributed by atoms with Gasteiger partial charge in [0.1, 0.15) is 5.76 Å². The van der Waals surface area contributed by atoms with E-state index in [4.69, 9.17) is 4.42 Å². The van der Waals surface area contributed by atoms with Gasteiger partial charge in [-0.1, -0.05) is 12.1 Å². The molecule has 9 nitrogen and oxygen atoms in total. The van der Waals surface area contributed by atoms with Crippen molar-refractivity contribution in [3.63, 3.8) is 0 Å². The summed E-state index contributed by atoms with van der Waals surface area (Å²) in [6.07, 6.45) is 3.95. The SMILES string of the molecule is O=C(C=Cc1ccccc1[N+](=O)[O-])Nc1ccc(S(=O)(=O)NCc2ccco2)cc1. The molecule has 0 saturated heterocycles. The Hall–Kier alpha value is -3.76. The van der Waals surface area contributed by atoms with E-state index < -0.39 is 20.9 Å². The van der Waals surface area contributed by atoms with Crippen LogP contribution < -0.4 is 10.0 Å². The zero-order chi connectivity index (χ0) is 21.6. The summed E-state index contributed by atoms with van der Waals surface area (Å²) in [4.78, 5) is 22.6. The Kier molecular flexibility index (Phi) is 6.40. The van der Waals surface area contributed by atoms with Crippen LogP contribution in [0.2, 0.25) is 0 Å². The molecule has 0 aliphatic heterocycles. The monoisotopic (exact) mass is 427 g/mol. The Morgan fingerprint density at radius 3 is 2.47 bits per heavy atom. The Balaban J connectivity index is 1.62. The van der Waals surface area contributed by atoms with E-state index in [0.29, 0.717) is 17.0 Å². The summed E-state index contributed by atoms with van der Waals surface area (Å²) in [7, 11) is -3.74. The molecule has 0 aliphatic carbocycles. The van der Waals surface area contributed by atoms with Crippen LogP contribution in [0.3, 0.4) is 0 Å². The molecule has 1 heterocycles. The first-order valence-corrected chi connectivity index (χ1v) is 10.2. The maximum atomic E-state index is 12.3. The van der Waals surface area contributed by atoms with E-state index in [1.165, 1.54) is 54.8 Å². The largest absolute Gasteiger partial charge is 0.468 e. The topological polar surface area (TPSA) is 132 Å². The van der Waals surface area contributed by atoms with E-state index in [0.717, 1.165) is 6.08 Å². The molecule has 0 fully saturated rings. The summed E-state index contributed by atoms with van der Waals surface area (Å²) in [6.45, 7) is 0.0181. The highest BCUT2D eigenvalue weighted by atomic mass is 32.2. The molecule has 0 spiro atoms. The number of hydrogen-bond acceptors (Lipinski definition) is 6. The number of nitrogens with one attached hydrogen (secondary N) is 2. The van der Waals surface area contributed by atoms with E-state index in [1.54, 1.807) is 18.2 Å². The summed E-state index contributed by atoms with van der Waals surface area (Å²) in [5, 5.41) is 13.6. The Morgan fingerprint density at radius 1 is 1.07 bits per heavy atom. The van der Waals surface area contributed by atoms with E-state index in [-0.39, 0.29) is 17.1 Å². The predicted molar refractivity (Wildman–Crippen MR) is 110 cm³/mol. The molecule has 2 N–H and O–H groups in total. The van der Waals surface area contributed by atoms with Crippen molar-refractivity contribution in [3.8, 4) is 0 Å². The highest BCUT2D eigenvalue weighted by molar-refractivity contribution is 7.89. The lowest BCUT2D eigenvalue weighted by Crippen LogP contribution is -2.23. The van der Waals surface area contributed by atoms with Crippen molar-refractivity contribution in [2.75, 3.05) is 5.32 Å². The van der Waals surface area contributed by atoms with Gasteiger partial charge >= 0.3 is 0 Å². The standard InChI is InChI=1S/C20H17N3O6S/c24-20(12-7-15-4-1-2-6-19(15)23(25)26)22-16-8-10-18(11-9-16)30(27,28)21-14-17-5-3-13-29-17/h1-13,21H,14H2,(H,22,24). The maximum absolute atomic E-state index is 12.3. The zero-order valence-corrected chi connectivity index (χ0v) is 16.3. The van der Waals surface area contributed by atoms with Gasteiger partial charge in [0.05, 0.1) is 28.2 Å². The smallest absolute Gasteiger partial charge is 0.276 e. The van der Waals surface area contributed by atoms with Crippen molar-refractivity contribution < 1.29 is 22.6 Å². The number of carbonyl (C=O) groups is 1. The number of carbonyl (C=O) groups excluding carboxylic acids is 1. The fraction of sp³-hybridized carbons (Fsp3) is 0.0500. The minimum Gasteiger partial charge on any atom is -0.468 e. The van der Waals surface area contributed by atoms with Gasteiger partial charge in [0.25, 0.3) is 5.69 Å². The van der Waals surface area contributed by atoms with Gasteiger partial charge in [-0.25, -0.2) is 13.1 Å².